The maximum absolute atomic E-state index is 12.4. The van der Waals surface area contributed by atoms with Gasteiger partial charge in [0.2, 0.25) is 0 Å². The average molecular weight is 117 g/mol. The molecule has 0 saturated heterocycles. The maximum Gasteiger partial charge on any atom is 0.115 e. The maximum atomic E-state index is 12.4. The first-order chi connectivity index (χ1) is 3.72. The summed E-state index contributed by atoms with van der Waals surface area (Å²) in [5.74, 6) is 0.394. The molecule has 1 aliphatic carbocycles. The zero-order valence-electron chi connectivity index (χ0n) is 5.10. The van der Waals surface area contributed by atoms with Crippen molar-refractivity contribution in [2.75, 3.05) is 0 Å². The minimum Gasteiger partial charge on any atom is -0.325 e. The Morgan fingerprint density at radius 2 is 2.12 bits per heavy atom. The molecule has 1 saturated carbocycles. The van der Waals surface area contributed by atoms with Gasteiger partial charge in [-0.25, -0.2) is 4.39 Å². The van der Waals surface area contributed by atoms with Crippen LogP contribution in [0.4, 0.5) is 4.39 Å². The van der Waals surface area contributed by atoms with Crippen LogP contribution in [-0.2, 0) is 0 Å². The van der Waals surface area contributed by atoms with Crippen LogP contribution in [0.25, 0.3) is 0 Å². The summed E-state index contributed by atoms with van der Waals surface area (Å²) < 4.78 is 12.4. The van der Waals surface area contributed by atoms with E-state index < -0.39 is 6.17 Å². The highest BCUT2D eigenvalue weighted by Crippen LogP contribution is 2.25. The quantitative estimate of drug-likeness (QED) is 0.505. The van der Waals surface area contributed by atoms with Gasteiger partial charge in [-0.15, -0.1) is 0 Å². The van der Waals surface area contributed by atoms with Gasteiger partial charge in [0.1, 0.15) is 6.17 Å². The third kappa shape index (κ3) is 0.848. The van der Waals surface area contributed by atoms with Gasteiger partial charge in [0, 0.05) is 6.04 Å². The third-order valence-electron chi connectivity index (χ3n) is 1.97. The smallest absolute Gasteiger partial charge is 0.115 e. The van der Waals surface area contributed by atoms with E-state index in [1.165, 1.54) is 0 Å². The van der Waals surface area contributed by atoms with Gasteiger partial charge in [0.05, 0.1) is 0 Å². The van der Waals surface area contributed by atoms with Crippen LogP contribution in [0.15, 0.2) is 0 Å². The van der Waals surface area contributed by atoms with E-state index in [1.54, 1.807) is 0 Å². The Morgan fingerprint density at radius 3 is 2.25 bits per heavy atom. The van der Waals surface area contributed by atoms with Gasteiger partial charge in [-0.2, -0.15) is 0 Å². The summed E-state index contributed by atoms with van der Waals surface area (Å²) in [6.45, 7) is 2.00. The van der Waals surface area contributed by atoms with Crippen molar-refractivity contribution >= 4 is 0 Å². The summed E-state index contributed by atoms with van der Waals surface area (Å²) in [4.78, 5) is 0. The van der Waals surface area contributed by atoms with E-state index in [4.69, 9.17) is 5.73 Å². The van der Waals surface area contributed by atoms with Crippen LogP contribution in [0.2, 0.25) is 0 Å². The van der Waals surface area contributed by atoms with Gasteiger partial charge in [-0.1, -0.05) is 6.92 Å². The van der Waals surface area contributed by atoms with Crippen LogP contribution in [-0.4, -0.2) is 12.2 Å². The molecule has 1 aliphatic rings. The van der Waals surface area contributed by atoms with Crippen molar-refractivity contribution in [2.24, 2.45) is 11.7 Å². The van der Waals surface area contributed by atoms with Gasteiger partial charge < -0.3 is 5.73 Å². The van der Waals surface area contributed by atoms with Crippen molar-refractivity contribution in [3.8, 4) is 0 Å². The lowest BCUT2D eigenvalue weighted by atomic mass is 10.1. The van der Waals surface area contributed by atoms with Crippen molar-refractivity contribution in [3.05, 3.63) is 0 Å². The first-order valence-electron chi connectivity index (χ1n) is 3.11. The van der Waals surface area contributed by atoms with Crippen molar-refractivity contribution in [1.82, 2.24) is 0 Å². The number of hydrogen-bond donors (Lipinski definition) is 1. The molecule has 2 heteroatoms. The summed E-state index contributed by atoms with van der Waals surface area (Å²) >= 11 is 0. The number of halogens is 1. The van der Waals surface area contributed by atoms with Crippen LogP contribution in [0.1, 0.15) is 19.8 Å². The normalized spacial score (nSPS) is 47.6. The number of nitrogens with two attached hydrogens (primary N) is 1. The first-order valence-corrected chi connectivity index (χ1v) is 3.11. The molecule has 1 rings (SSSR count). The van der Waals surface area contributed by atoms with E-state index in [0.717, 1.165) is 6.42 Å². The van der Waals surface area contributed by atoms with E-state index >= 15 is 0 Å². The Labute approximate surface area is 49.1 Å². The van der Waals surface area contributed by atoms with Crippen LogP contribution >= 0.6 is 0 Å². The van der Waals surface area contributed by atoms with Crippen molar-refractivity contribution in [1.29, 1.82) is 0 Å². The third-order valence-corrected chi connectivity index (χ3v) is 1.97. The van der Waals surface area contributed by atoms with Crippen LogP contribution in [0.3, 0.4) is 0 Å². The fourth-order valence-corrected chi connectivity index (χ4v) is 1.16. The van der Waals surface area contributed by atoms with Gasteiger partial charge in [0.15, 0.2) is 0 Å². The highest BCUT2D eigenvalue weighted by Gasteiger charge is 2.29. The predicted molar refractivity (Wildman–Crippen MR) is 31.3 cm³/mol. The Hall–Kier alpha value is -0.110. The standard InChI is InChI=1S/C6H12FN/c1-4-2-3-5(7)6(4)8/h4-6H,2-3,8H2,1H3. The monoisotopic (exact) mass is 117 g/mol. The zero-order valence-corrected chi connectivity index (χ0v) is 5.10. The van der Waals surface area contributed by atoms with Gasteiger partial charge >= 0.3 is 0 Å². The fourth-order valence-electron chi connectivity index (χ4n) is 1.16. The summed E-state index contributed by atoms with van der Waals surface area (Å²) in [5, 5.41) is 0. The molecule has 2 N–H and O–H groups in total. The summed E-state index contributed by atoms with van der Waals surface area (Å²) in [5.41, 5.74) is 5.45. The van der Waals surface area contributed by atoms with E-state index in [1.807, 2.05) is 6.92 Å². The number of hydrogen-bond acceptors (Lipinski definition) is 1. The van der Waals surface area contributed by atoms with Gasteiger partial charge in [-0.05, 0) is 18.8 Å². The molecule has 0 aromatic carbocycles. The average Bonchev–Trinajstić information content (AvgIpc) is 1.98. The highest BCUT2D eigenvalue weighted by molar-refractivity contribution is 4.84. The number of rotatable bonds is 0. The second-order valence-corrected chi connectivity index (χ2v) is 2.65. The van der Waals surface area contributed by atoms with E-state index in [0.29, 0.717) is 12.3 Å². The summed E-state index contributed by atoms with van der Waals surface area (Å²) in [6, 6.07) is -0.185. The molecule has 0 aromatic heterocycles. The Balaban J connectivity index is 2.44. The molecule has 0 aromatic rings. The van der Waals surface area contributed by atoms with Crippen molar-refractivity contribution in [2.45, 2.75) is 32.0 Å². The molecule has 0 spiro atoms. The zero-order chi connectivity index (χ0) is 6.15. The minimum absolute atomic E-state index is 0.185. The predicted octanol–water partition coefficient (Wildman–Crippen LogP) is 1.08. The topological polar surface area (TPSA) is 26.0 Å². The molecule has 0 aliphatic heterocycles. The van der Waals surface area contributed by atoms with Crippen molar-refractivity contribution in [3.63, 3.8) is 0 Å². The summed E-state index contributed by atoms with van der Waals surface area (Å²) in [7, 11) is 0. The summed E-state index contributed by atoms with van der Waals surface area (Å²) in [6.07, 6.45) is 0.898. The Morgan fingerprint density at radius 1 is 1.50 bits per heavy atom. The molecule has 8 heavy (non-hydrogen) atoms. The van der Waals surface area contributed by atoms with E-state index in [-0.39, 0.29) is 6.04 Å². The molecule has 0 amide bonds. The molecule has 0 radical (unpaired) electrons. The second-order valence-electron chi connectivity index (χ2n) is 2.65. The van der Waals surface area contributed by atoms with Crippen molar-refractivity contribution < 1.29 is 4.39 Å². The molecule has 3 unspecified atom stereocenters. The fraction of sp³-hybridized carbons (Fsp3) is 1.00. The van der Waals surface area contributed by atoms with Gasteiger partial charge in [0.25, 0.3) is 0 Å². The molecule has 3 atom stereocenters. The van der Waals surface area contributed by atoms with Gasteiger partial charge in [-0.3, -0.25) is 0 Å². The molecule has 0 bridgehead atoms. The highest BCUT2D eigenvalue weighted by atomic mass is 19.1. The lowest BCUT2D eigenvalue weighted by Gasteiger charge is -2.09. The van der Waals surface area contributed by atoms with Crippen LogP contribution in [0, 0.1) is 5.92 Å². The SMILES string of the molecule is CC1CCC(F)C1N. The minimum atomic E-state index is -0.731. The molecule has 0 heterocycles. The largest absolute Gasteiger partial charge is 0.325 e. The second kappa shape index (κ2) is 2.02. The molecular weight excluding hydrogens is 105 g/mol. The van der Waals surface area contributed by atoms with E-state index in [9.17, 15) is 4.39 Å². The lowest BCUT2D eigenvalue weighted by molar-refractivity contribution is 0.297. The molecular formula is C6H12FN. The Kier molecular flexibility index (Phi) is 1.52. The Bertz CT molecular complexity index is 74.6. The molecule has 1 nitrogen and oxygen atoms in total. The lowest BCUT2D eigenvalue weighted by Crippen LogP contribution is -2.30. The molecule has 48 valence electrons. The number of alkyl halides is 1. The van der Waals surface area contributed by atoms with E-state index in [2.05, 4.69) is 0 Å². The van der Waals surface area contributed by atoms with Crippen LogP contribution in [0.5, 0.6) is 0 Å². The van der Waals surface area contributed by atoms with Crippen LogP contribution < -0.4 is 5.73 Å². The first kappa shape index (κ1) is 6.02. The molecule has 1 fully saturated rings.